The molecule has 0 aromatic rings. The van der Waals surface area contributed by atoms with Crippen molar-refractivity contribution in [1.82, 2.24) is 9.80 Å². The Kier molecular flexibility index (Phi) is 5.22. The van der Waals surface area contributed by atoms with Gasteiger partial charge in [-0.25, -0.2) is 0 Å². The molecule has 19 heavy (non-hydrogen) atoms. The molecule has 2 atom stereocenters. The summed E-state index contributed by atoms with van der Waals surface area (Å²) in [5.41, 5.74) is 6.06. The van der Waals surface area contributed by atoms with Crippen molar-refractivity contribution in [1.29, 1.82) is 0 Å². The van der Waals surface area contributed by atoms with Crippen LogP contribution in [0.5, 0.6) is 0 Å². The zero-order valence-electron chi connectivity index (χ0n) is 12.5. The molecule has 1 amide bonds. The quantitative estimate of drug-likeness (QED) is 0.838. The van der Waals surface area contributed by atoms with Gasteiger partial charge in [0.1, 0.15) is 0 Å². The zero-order valence-corrected chi connectivity index (χ0v) is 12.5. The van der Waals surface area contributed by atoms with E-state index in [2.05, 4.69) is 11.8 Å². The Morgan fingerprint density at radius 3 is 2.47 bits per heavy atom. The first-order valence-corrected chi connectivity index (χ1v) is 7.85. The van der Waals surface area contributed by atoms with Gasteiger partial charge in [0, 0.05) is 38.6 Å². The molecule has 0 bridgehead atoms. The van der Waals surface area contributed by atoms with Crippen LogP contribution >= 0.6 is 0 Å². The van der Waals surface area contributed by atoms with Crippen molar-refractivity contribution in [2.75, 3.05) is 26.7 Å². The molecule has 4 nitrogen and oxygen atoms in total. The van der Waals surface area contributed by atoms with E-state index in [9.17, 15) is 4.79 Å². The Morgan fingerprint density at radius 2 is 1.95 bits per heavy atom. The van der Waals surface area contributed by atoms with E-state index in [-0.39, 0.29) is 6.04 Å². The summed E-state index contributed by atoms with van der Waals surface area (Å²) in [7, 11) is 1.98. The number of hydrogen-bond donors (Lipinski definition) is 1. The number of hydrogen-bond acceptors (Lipinski definition) is 3. The molecule has 1 aliphatic heterocycles. The van der Waals surface area contributed by atoms with Gasteiger partial charge in [-0.05, 0) is 38.1 Å². The second-order valence-electron chi connectivity index (χ2n) is 6.23. The monoisotopic (exact) mass is 267 g/mol. The van der Waals surface area contributed by atoms with Crippen LogP contribution in [-0.2, 0) is 4.79 Å². The minimum Gasteiger partial charge on any atom is -0.343 e. The van der Waals surface area contributed by atoms with E-state index in [0.717, 1.165) is 45.3 Å². The number of piperidine rings is 1. The lowest BCUT2D eigenvalue weighted by molar-refractivity contribution is -0.133. The molecule has 1 aliphatic carbocycles. The summed E-state index contributed by atoms with van der Waals surface area (Å²) < 4.78 is 0. The van der Waals surface area contributed by atoms with Gasteiger partial charge in [-0.2, -0.15) is 0 Å². The van der Waals surface area contributed by atoms with E-state index >= 15 is 0 Å². The van der Waals surface area contributed by atoms with Crippen LogP contribution in [0.4, 0.5) is 0 Å². The number of rotatable bonds is 4. The number of carbonyl (C=O) groups excluding carboxylic acids is 1. The van der Waals surface area contributed by atoms with Crippen LogP contribution in [0, 0.1) is 5.92 Å². The van der Waals surface area contributed by atoms with Gasteiger partial charge in [-0.15, -0.1) is 0 Å². The van der Waals surface area contributed by atoms with Crippen molar-refractivity contribution in [3.63, 3.8) is 0 Å². The van der Waals surface area contributed by atoms with Crippen LogP contribution in [0.25, 0.3) is 0 Å². The number of nitrogens with two attached hydrogens (primary N) is 1. The maximum absolute atomic E-state index is 12.4. The van der Waals surface area contributed by atoms with Crippen molar-refractivity contribution in [3.8, 4) is 0 Å². The maximum atomic E-state index is 12.4. The molecule has 0 radical (unpaired) electrons. The van der Waals surface area contributed by atoms with Crippen LogP contribution in [0.1, 0.15) is 45.4 Å². The lowest BCUT2D eigenvalue weighted by Crippen LogP contribution is -2.46. The van der Waals surface area contributed by atoms with Gasteiger partial charge in [-0.1, -0.05) is 13.3 Å². The third-order valence-electron chi connectivity index (χ3n) is 5.10. The summed E-state index contributed by atoms with van der Waals surface area (Å²) in [5, 5.41) is 0. The largest absolute Gasteiger partial charge is 0.343 e. The van der Waals surface area contributed by atoms with Crippen molar-refractivity contribution in [2.45, 2.75) is 57.5 Å². The van der Waals surface area contributed by atoms with Crippen LogP contribution in [-0.4, -0.2) is 54.5 Å². The van der Waals surface area contributed by atoms with E-state index in [4.69, 9.17) is 5.73 Å². The first kappa shape index (κ1) is 14.8. The summed E-state index contributed by atoms with van der Waals surface area (Å²) in [5.74, 6) is 0.725. The summed E-state index contributed by atoms with van der Waals surface area (Å²) in [6.45, 7) is 5.58. The zero-order chi connectivity index (χ0) is 13.8. The first-order valence-electron chi connectivity index (χ1n) is 7.85. The lowest BCUT2D eigenvalue weighted by atomic mass is 9.97. The average Bonchev–Trinajstić information content (AvgIpc) is 2.83. The van der Waals surface area contributed by atoms with Gasteiger partial charge in [0.05, 0.1) is 0 Å². The molecular weight excluding hydrogens is 238 g/mol. The Morgan fingerprint density at radius 1 is 1.26 bits per heavy atom. The Hall–Kier alpha value is -0.610. The highest BCUT2D eigenvalue weighted by atomic mass is 16.2. The Balaban J connectivity index is 1.79. The molecular formula is C15H29N3O. The summed E-state index contributed by atoms with van der Waals surface area (Å²) in [4.78, 5) is 16.8. The smallest absolute Gasteiger partial charge is 0.222 e. The minimum absolute atomic E-state index is 0.249. The van der Waals surface area contributed by atoms with Gasteiger partial charge < -0.3 is 15.5 Å². The maximum Gasteiger partial charge on any atom is 0.222 e. The van der Waals surface area contributed by atoms with E-state index < -0.39 is 0 Å². The third kappa shape index (κ3) is 3.69. The number of carbonyl (C=O) groups is 1. The molecule has 2 rings (SSSR count). The van der Waals surface area contributed by atoms with Crippen molar-refractivity contribution >= 4 is 5.91 Å². The molecule has 110 valence electrons. The number of amides is 1. The van der Waals surface area contributed by atoms with Crippen molar-refractivity contribution in [3.05, 3.63) is 0 Å². The highest BCUT2D eigenvalue weighted by Gasteiger charge is 2.30. The van der Waals surface area contributed by atoms with Crippen LogP contribution in [0.3, 0.4) is 0 Å². The molecule has 1 saturated carbocycles. The van der Waals surface area contributed by atoms with E-state index in [0.29, 0.717) is 24.3 Å². The standard InChI is InChI=1S/C15H29N3O/c1-3-18-9-7-13(8-10-18)17(2)15(19)11-12-5-4-6-14(12)16/h12-14H,3-11,16H2,1-2H3/t12-,14+/m0/s1. The number of nitrogens with zero attached hydrogens (tertiary/aromatic N) is 2. The van der Waals surface area contributed by atoms with Crippen molar-refractivity contribution in [2.24, 2.45) is 11.7 Å². The molecule has 2 N–H and O–H groups in total. The molecule has 0 aromatic heterocycles. The Labute approximate surface area is 117 Å². The number of likely N-dealkylation sites (tertiary alicyclic amines) is 1. The molecule has 4 heteroatoms. The predicted octanol–water partition coefficient (Wildman–Crippen LogP) is 1.45. The molecule has 0 unspecified atom stereocenters. The van der Waals surface area contributed by atoms with E-state index in [1.807, 2.05) is 11.9 Å². The van der Waals surface area contributed by atoms with Gasteiger partial charge in [0.15, 0.2) is 0 Å². The fourth-order valence-corrected chi connectivity index (χ4v) is 3.51. The normalized spacial score (nSPS) is 29.6. The average molecular weight is 267 g/mol. The van der Waals surface area contributed by atoms with E-state index in [1.165, 1.54) is 6.42 Å². The minimum atomic E-state index is 0.249. The predicted molar refractivity (Wildman–Crippen MR) is 77.8 cm³/mol. The molecule has 0 aromatic carbocycles. The SMILES string of the molecule is CCN1CCC(N(C)C(=O)C[C@@H]2CCC[C@H]2N)CC1. The van der Waals surface area contributed by atoms with Gasteiger partial charge in [0.2, 0.25) is 5.91 Å². The van der Waals surface area contributed by atoms with Crippen LogP contribution in [0.15, 0.2) is 0 Å². The topological polar surface area (TPSA) is 49.6 Å². The first-order chi connectivity index (χ1) is 9.11. The molecule has 2 fully saturated rings. The second kappa shape index (κ2) is 6.71. The summed E-state index contributed by atoms with van der Waals surface area (Å²) >= 11 is 0. The fourth-order valence-electron chi connectivity index (χ4n) is 3.51. The lowest BCUT2D eigenvalue weighted by Gasteiger charge is -2.36. The van der Waals surface area contributed by atoms with Crippen molar-refractivity contribution < 1.29 is 4.79 Å². The van der Waals surface area contributed by atoms with E-state index in [1.54, 1.807) is 0 Å². The molecule has 0 spiro atoms. The van der Waals surface area contributed by atoms with Gasteiger partial charge in [0.25, 0.3) is 0 Å². The summed E-state index contributed by atoms with van der Waals surface area (Å²) in [6, 6.07) is 0.687. The molecule has 2 aliphatic rings. The molecule has 1 saturated heterocycles. The Bertz CT molecular complexity index is 300. The highest BCUT2D eigenvalue weighted by Crippen LogP contribution is 2.28. The van der Waals surface area contributed by atoms with Crippen LogP contribution < -0.4 is 5.73 Å². The van der Waals surface area contributed by atoms with Gasteiger partial charge >= 0.3 is 0 Å². The van der Waals surface area contributed by atoms with Gasteiger partial charge in [-0.3, -0.25) is 4.79 Å². The summed E-state index contributed by atoms with van der Waals surface area (Å²) in [6.07, 6.45) is 6.31. The highest BCUT2D eigenvalue weighted by molar-refractivity contribution is 5.76. The second-order valence-corrected chi connectivity index (χ2v) is 6.23. The third-order valence-corrected chi connectivity index (χ3v) is 5.10. The fraction of sp³-hybridized carbons (Fsp3) is 0.933. The van der Waals surface area contributed by atoms with Crippen LogP contribution in [0.2, 0.25) is 0 Å². The molecule has 1 heterocycles.